The van der Waals surface area contributed by atoms with Crippen LogP contribution in [-0.2, 0) is 9.59 Å². The van der Waals surface area contributed by atoms with Crippen LogP contribution < -0.4 is 0 Å². The number of hydrogen-bond acceptors (Lipinski definition) is 3. The molecule has 1 aliphatic rings. The van der Waals surface area contributed by atoms with Crippen LogP contribution in [0, 0.1) is 5.92 Å². The fraction of sp³-hybridized carbons (Fsp3) is 0.857. The number of unbranched alkanes of at least 4 members (excludes halogenated alkanes) is 1. The first-order chi connectivity index (χ1) is 8.95. The quantitative estimate of drug-likeness (QED) is 0.688. The second kappa shape index (κ2) is 7.48. The summed E-state index contributed by atoms with van der Waals surface area (Å²) in [5.41, 5.74) is 0. The highest BCUT2D eigenvalue weighted by Crippen LogP contribution is 2.27. The van der Waals surface area contributed by atoms with Crippen molar-refractivity contribution in [3.05, 3.63) is 0 Å². The molecule has 0 aromatic rings. The van der Waals surface area contributed by atoms with Crippen molar-refractivity contribution in [2.45, 2.75) is 45.6 Å². The van der Waals surface area contributed by atoms with Gasteiger partial charge < -0.3 is 10.0 Å². The first kappa shape index (κ1) is 16.0. The van der Waals surface area contributed by atoms with Crippen molar-refractivity contribution in [1.82, 2.24) is 9.80 Å². The largest absolute Gasteiger partial charge is 0.481 e. The van der Waals surface area contributed by atoms with Gasteiger partial charge in [0.15, 0.2) is 0 Å². The summed E-state index contributed by atoms with van der Waals surface area (Å²) in [5.74, 6) is -1.12. The van der Waals surface area contributed by atoms with Gasteiger partial charge in [0.1, 0.15) is 0 Å². The van der Waals surface area contributed by atoms with E-state index in [2.05, 4.69) is 6.92 Å². The van der Waals surface area contributed by atoms with Gasteiger partial charge in [-0.25, -0.2) is 0 Å². The molecule has 19 heavy (non-hydrogen) atoms. The number of aliphatic carboxylic acids is 1. The third-order valence-electron chi connectivity index (χ3n) is 3.60. The number of likely N-dealkylation sites (N-methyl/N-ethyl adjacent to an activating group) is 1. The number of carboxylic acid groups (broad SMARTS) is 1. The van der Waals surface area contributed by atoms with Gasteiger partial charge in [0.2, 0.25) is 5.91 Å². The Labute approximate surface area is 115 Å². The summed E-state index contributed by atoms with van der Waals surface area (Å²) in [6.45, 7) is 5.39. The van der Waals surface area contributed by atoms with E-state index in [1.807, 2.05) is 11.9 Å². The first-order valence-corrected chi connectivity index (χ1v) is 7.16. The molecule has 0 bridgehead atoms. The monoisotopic (exact) mass is 270 g/mol. The summed E-state index contributed by atoms with van der Waals surface area (Å²) in [6.07, 6.45) is 4.24. The van der Waals surface area contributed by atoms with Crippen molar-refractivity contribution in [2.75, 3.05) is 26.7 Å². The van der Waals surface area contributed by atoms with E-state index in [1.165, 1.54) is 0 Å². The van der Waals surface area contributed by atoms with E-state index in [0.29, 0.717) is 19.1 Å². The predicted octanol–water partition coefficient (Wildman–Crippen LogP) is 1.43. The maximum Gasteiger partial charge on any atom is 0.307 e. The Balaban J connectivity index is 2.44. The SMILES string of the molecule is CCCCN(C)C(=O)CN(CC(C)C(=O)O)C1CC1. The van der Waals surface area contributed by atoms with Crippen LogP contribution in [0.2, 0.25) is 0 Å². The average Bonchev–Trinajstić information content (AvgIpc) is 3.18. The van der Waals surface area contributed by atoms with Gasteiger partial charge in [-0.1, -0.05) is 20.3 Å². The number of carbonyl (C=O) groups excluding carboxylic acids is 1. The normalized spacial score (nSPS) is 16.4. The van der Waals surface area contributed by atoms with Crippen molar-refractivity contribution < 1.29 is 14.7 Å². The summed E-state index contributed by atoms with van der Waals surface area (Å²) in [4.78, 5) is 26.8. The predicted molar refractivity (Wildman–Crippen MR) is 73.9 cm³/mol. The second-order valence-corrected chi connectivity index (χ2v) is 5.57. The van der Waals surface area contributed by atoms with Crippen molar-refractivity contribution in [1.29, 1.82) is 0 Å². The van der Waals surface area contributed by atoms with Gasteiger partial charge in [0.05, 0.1) is 12.5 Å². The van der Waals surface area contributed by atoms with E-state index in [0.717, 1.165) is 32.2 Å². The summed E-state index contributed by atoms with van der Waals surface area (Å²) in [5, 5.41) is 8.97. The molecule has 1 N–H and O–H groups in total. The zero-order valence-corrected chi connectivity index (χ0v) is 12.3. The average molecular weight is 270 g/mol. The van der Waals surface area contributed by atoms with Gasteiger partial charge in [-0.05, 0) is 19.3 Å². The Morgan fingerprint density at radius 2 is 2.00 bits per heavy atom. The zero-order valence-electron chi connectivity index (χ0n) is 12.3. The van der Waals surface area contributed by atoms with Gasteiger partial charge in [-0.15, -0.1) is 0 Å². The van der Waals surface area contributed by atoms with Crippen LogP contribution in [0.15, 0.2) is 0 Å². The van der Waals surface area contributed by atoms with E-state index in [9.17, 15) is 9.59 Å². The molecule has 1 rings (SSSR count). The Morgan fingerprint density at radius 1 is 1.37 bits per heavy atom. The second-order valence-electron chi connectivity index (χ2n) is 5.57. The number of carboxylic acids is 1. The number of carbonyl (C=O) groups is 2. The molecule has 1 fully saturated rings. The van der Waals surface area contributed by atoms with E-state index >= 15 is 0 Å². The molecule has 1 aliphatic carbocycles. The van der Waals surface area contributed by atoms with Gasteiger partial charge in [-0.3, -0.25) is 14.5 Å². The summed E-state index contributed by atoms with van der Waals surface area (Å²) < 4.78 is 0. The Morgan fingerprint density at radius 3 is 2.47 bits per heavy atom. The molecule has 110 valence electrons. The van der Waals surface area contributed by atoms with E-state index in [4.69, 9.17) is 5.11 Å². The van der Waals surface area contributed by atoms with Crippen LogP contribution in [-0.4, -0.2) is 59.5 Å². The lowest BCUT2D eigenvalue weighted by Crippen LogP contribution is -2.42. The molecule has 0 radical (unpaired) electrons. The molecular formula is C14H26N2O3. The molecule has 5 nitrogen and oxygen atoms in total. The van der Waals surface area contributed by atoms with E-state index < -0.39 is 11.9 Å². The molecule has 1 saturated carbocycles. The maximum atomic E-state index is 12.1. The van der Waals surface area contributed by atoms with Crippen molar-refractivity contribution in [2.24, 2.45) is 5.92 Å². The molecular weight excluding hydrogens is 244 g/mol. The molecule has 0 heterocycles. The van der Waals surface area contributed by atoms with Gasteiger partial charge in [0.25, 0.3) is 0 Å². The Kier molecular flexibility index (Phi) is 6.28. The first-order valence-electron chi connectivity index (χ1n) is 7.16. The lowest BCUT2D eigenvalue weighted by molar-refractivity contribution is -0.142. The summed E-state index contributed by atoms with van der Waals surface area (Å²) in [7, 11) is 1.82. The summed E-state index contributed by atoms with van der Waals surface area (Å²) >= 11 is 0. The fourth-order valence-corrected chi connectivity index (χ4v) is 2.03. The molecule has 1 atom stereocenters. The summed E-state index contributed by atoms with van der Waals surface area (Å²) in [6, 6.07) is 0.408. The Bertz CT molecular complexity index is 316. The molecule has 1 unspecified atom stereocenters. The molecule has 0 aliphatic heterocycles. The number of rotatable bonds is 9. The van der Waals surface area contributed by atoms with Crippen molar-refractivity contribution >= 4 is 11.9 Å². The lowest BCUT2D eigenvalue weighted by Gasteiger charge is -2.26. The smallest absolute Gasteiger partial charge is 0.307 e. The van der Waals surface area contributed by atoms with Crippen molar-refractivity contribution in [3.63, 3.8) is 0 Å². The lowest BCUT2D eigenvalue weighted by atomic mass is 10.1. The highest BCUT2D eigenvalue weighted by atomic mass is 16.4. The van der Waals surface area contributed by atoms with E-state index in [-0.39, 0.29) is 5.91 Å². The standard InChI is InChI=1S/C14H26N2O3/c1-4-5-8-15(3)13(17)10-16(12-6-7-12)9-11(2)14(18)19/h11-12H,4-10H2,1-3H3,(H,18,19). The number of amides is 1. The zero-order chi connectivity index (χ0) is 14.4. The minimum atomic E-state index is -0.794. The molecule has 0 spiro atoms. The fourth-order valence-electron chi connectivity index (χ4n) is 2.03. The highest BCUT2D eigenvalue weighted by molar-refractivity contribution is 5.78. The molecule has 0 aromatic carbocycles. The van der Waals surface area contributed by atoms with Crippen LogP contribution in [0.1, 0.15) is 39.5 Å². The van der Waals surface area contributed by atoms with Gasteiger partial charge >= 0.3 is 5.97 Å². The van der Waals surface area contributed by atoms with E-state index in [1.54, 1.807) is 11.8 Å². The minimum absolute atomic E-state index is 0.0953. The third-order valence-corrected chi connectivity index (χ3v) is 3.60. The van der Waals surface area contributed by atoms with Crippen LogP contribution >= 0.6 is 0 Å². The number of nitrogens with zero attached hydrogens (tertiary/aromatic N) is 2. The topological polar surface area (TPSA) is 60.9 Å². The molecule has 0 saturated heterocycles. The Hall–Kier alpha value is -1.10. The third kappa shape index (κ3) is 5.59. The molecule has 5 heteroatoms. The highest BCUT2D eigenvalue weighted by Gasteiger charge is 2.32. The van der Waals surface area contributed by atoms with Gasteiger partial charge in [-0.2, -0.15) is 0 Å². The maximum absolute atomic E-state index is 12.1. The number of hydrogen-bond donors (Lipinski definition) is 1. The van der Waals surface area contributed by atoms with Crippen LogP contribution in [0.3, 0.4) is 0 Å². The minimum Gasteiger partial charge on any atom is -0.481 e. The molecule has 1 amide bonds. The van der Waals surface area contributed by atoms with Crippen molar-refractivity contribution in [3.8, 4) is 0 Å². The van der Waals surface area contributed by atoms with Crippen LogP contribution in [0.5, 0.6) is 0 Å². The van der Waals surface area contributed by atoms with Gasteiger partial charge in [0, 0.05) is 26.2 Å². The van der Waals surface area contributed by atoms with Crippen LogP contribution in [0.4, 0.5) is 0 Å². The van der Waals surface area contributed by atoms with Crippen LogP contribution in [0.25, 0.3) is 0 Å². The molecule has 0 aromatic heterocycles.